The van der Waals surface area contributed by atoms with Gasteiger partial charge >= 0.3 is 0 Å². The molecule has 0 aliphatic carbocycles. The summed E-state index contributed by atoms with van der Waals surface area (Å²) in [5.74, 6) is 0.731. The average molecular weight is 225 g/mol. The molecule has 0 saturated carbocycles. The molecule has 3 nitrogen and oxygen atoms in total. The summed E-state index contributed by atoms with van der Waals surface area (Å²) in [5, 5.41) is 3.25. The van der Waals surface area contributed by atoms with E-state index in [9.17, 15) is 0 Å². The van der Waals surface area contributed by atoms with Gasteiger partial charge in [0.1, 0.15) is 5.82 Å². The van der Waals surface area contributed by atoms with Gasteiger partial charge in [-0.2, -0.15) is 0 Å². The fourth-order valence-corrected chi connectivity index (χ4v) is 1.59. The van der Waals surface area contributed by atoms with E-state index in [1.165, 1.54) is 0 Å². The Bertz CT molecular complexity index is 547. The Balaban J connectivity index is 2.33. The third-order valence-corrected chi connectivity index (χ3v) is 2.48. The lowest BCUT2D eigenvalue weighted by molar-refractivity contribution is 1.27. The molecule has 1 heterocycles. The molecule has 17 heavy (non-hydrogen) atoms. The van der Waals surface area contributed by atoms with E-state index in [-0.39, 0.29) is 0 Å². The van der Waals surface area contributed by atoms with Crippen LogP contribution in [0.25, 0.3) is 6.08 Å². The van der Waals surface area contributed by atoms with Gasteiger partial charge < -0.3 is 11.1 Å². The Hall–Kier alpha value is -2.29. The fourth-order valence-electron chi connectivity index (χ4n) is 1.59. The van der Waals surface area contributed by atoms with Crippen LogP contribution in [0.1, 0.15) is 11.3 Å². The van der Waals surface area contributed by atoms with E-state index in [2.05, 4.69) is 16.9 Å². The minimum atomic E-state index is 0.672. The first-order valence-electron chi connectivity index (χ1n) is 5.41. The second-order valence-electron chi connectivity index (χ2n) is 3.85. The summed E-state index contributed by atoms with van der Waals surface area (Å²) in [6, 6.07) is 11.6. The number of nitrogen functional groups attached to an aromatic ring is 1. The predicted molar refractivity (Wildman–Crippen MR) is 73.2 cm³/mol. The van der Waals surface area contributed by atoms with E-state index in [1.54, 1.807) is 18.2 Å². The number of aromatic nitrogens is 1. The van der Waals surface area contributed by atoms with Crippen molar-refractivity contribution in [1.82, 2.24) is 4.98 Å². The summed E-state index contributed by atoms with van der Waals surface area (Å²) < 4.78 is 0. The van der Waals surface area contributed by atoms with Crippen molar-refractivity contribution in [2.24, 2.45) is 0 Å². The molecule has 0 bridgehead atoms. The van der Waals surface area contributed by atoms with Crippen LogP contribution in [0.5, 0.6) is 0 Å². The van der Waals surface area contributed by atoms with Crippen molar-refractivity contribution < 1.29 is 0 Å². The maximum Gasteiger partial charge on any atom is 0.133 e. The lowest BCUT2D eigenvalue weighted by Crippen LogP contribution is -1.98. The average Bonchev–Trinajstić information content (AvgIpc) is 2.31. The van der Waals surface area contributed by atoms with E-state index in [0.29, 0.717) is 5.69 Å². The number of benzene rings is 1. The van der Waals surface area contributed by atoms with E-state index in [0.717, 1.165) is 22.8 Å². The zero-order valence-corrected chi connectivity index (χ0v) is 9.77. The molecule has 2 aromatic rings. The molecule has 0 aliphatic heterocycles. The Morgan fingerprint density at radius 1 is 1.29 bits per heavy atom. The number of para-hydroxylation sites is 1. The van der Waals surface area contributed by atoms with Crippen molar-refractivity contribution in [3.8, 4) is 0 Å². The molecule has 86 valence electrons. The maximum absolute atomic E-state index is 5.80. The topological polar surface area (TPSA) is 50.9 Å². The van der Waals surface area contributed by atoms with Gasteiger partial charge in [-0.3, -0.25) is 0 Å². The monoisotopic (exact) mass is 225 g/mol. The molecule has 0 atom stereocenters. The molecule has 1 aromatic carbocycles. The summed E-state index contributed by atoms with van der Waals surface area (Å²) in [4.78, 5) is 4.38. The number of anilines is 3. The number of nitrogens with one attached hydrogen (secondary N) is 1. The van der Waals surface area contributed by atoms with Gasteiger partial charge in [0.25, 0.3) is 0 Å². The lowest BCUT2D eigenvalue weighted by atomic mass is 10.2. The zero-order chi connectivity index (χ0) is 12.3. The second-order valence-corrected chi connectivity index (χ2v) is 3.85. The van der Waals surface area contributed by atoms with Crippen LogP contribution in [0.2, 0.25) is 0 Å². The Kier molecular flexibility index (Phi) is 3.10. The minimum Gasteiger partial charge on any atom is -0.399 e. The third-order valence-electron chi connectivity index (χ3n) is 2.48. The zero-order valence-electron chi connectivity index (χ0n) is 9.77. The van der Waals surface area contributed by atoms with Crippen molar-refractivity contribution in [3.05, 3.63) is 54.2 Å². The molecule has 2 rings (SSSR count). The first kappa shape index (κ1) is 11.2. The Morgan fingerprint density at radius 2 is 2.06 bits per heavy atom. The highest BCUT2D eigenvalue weighted by molar-refractivity contribution is 5.65. The molecule has 3 N–H and O–H groups in total. The summed E-state index contributed by atoms with van der Waals surface area (Å²) in [6.07, 6.45) is 1.68. The third kappa shape index (κ3) is 2.64. The van der Waals surface area contributed by atoms with Gasteiger partial charge in [0.15, 0.2) is 0 Å². The van der Waals surface area contributed by atoms with Gasteiger partial charge in [0, 0.05) is 17.4 Å². The quantitative estimate of drug-likeness (QED) is 0.842. The molecule has 0 aliphatic rings. The van der Waals surface area contributed by atoms with Crippen LogP contribution in [-0.4, -0.2) is 4.98 Å². The summed E-state index contributed by atoms with van der Waals surface area (Å²) >= 11 is 0. The van der Waals surface area contributed by atoms with Crippen molar-refractivity contribution in [1.29, 1.82) is 0 Å². The largest absolute Gasteiger partial charge is 0.399 e. The number of pyridine rings is 1. The van der Waals surface area contributed by atoms with E-state index in [1.807, 2.05) is 31.2 Å². The normalized spacial score (nSPS) is 9.94. The minimum absolute atomic E-state index is 0.672. The molecule has 0 fully saturated rings. The SMILES string of the molecule is C=Cc1cc(N)cc(Nc2ccccc2C)n1. The number of aryl methyl sites for hydroxylation is 1. The van der Waals surface area contributed by atoms with E-state index >= 15 is 0 Å². The molecular formula is C14H15N3. The van der Waals surface area contributed by atoms with Crippen LogP contribution in [0, 0.1) is 6.92 Å². The molecule has 0 unspecified atom stereocenters. The molecular weight excluding hydrogens is 210 g/mol. The van der Waals surface area contributed by atoms with E-state index in [4.69, 9.17) is 5.73 Å². The van der Waals surface area contributed by atoms with Gasteiger partial charge in [0.2, 0.25) is 0 Å². The van der Waals surface area contributed by atoms with Gasteiger partial charge in [-0.05, 0) is 30.7 Å². The Morgan fingerprint density at radius 3 is 2.76 bits per heavy atom. The first-order chi connectivity index (χ1) is 8.19. The highest BCUT2D eigenvalue weighted by Gasteiger charge is 2.01. The highest BCUT2D eigenvalue weighted by Crippen LogP contribution is 2.20. The van der Waals surface area contributed by atoms with Gasteiger partial charge in [-0.25, -0.2) is 4.98 Å². The summed E-state index contributed by atoms with van der Waals surface area (Å²) in [7, 11) is 0. The summed E-state index contributed by atoms with van der Waals surface area (Å²) in [6.45, 7) is 5.74. The highest BCUT2D eigenvalue weighted by atomic mass is 15.0. The van der Waals surface area contributed by atoms with Crippen LogP contribution in [0.15, 0.2) is 43.0 Å². The number of hydrogen-bond donors (Lipinski definition) is 2. The van der Waals surface area contributed by atoms with Gasteiger partial charge in [-0.1, -0.05) is 24.8 Å². The van der Waals surface area contributed by atoms with Crippen LogP contribution in [0.4, 0.5) is 17.2 Å². The fraction of sp³-hybridized carbons (Fsp3) is 0.0714. The van der Waals surface area contributed by atoms with Crippen molar-refractivity contribution >= 4 is 23.3 Å². The lowest BCUT2D eigenvalue weighted by Gasteiger charge is -2.09. The number of hydrogen-bond acceptors (Lipinski definition) is 3. The van der Waals surface area contributed by atoms with Crippen LogP contribution in [-0.2, 0) is 0 Å². The number of nitrogens with zero attached hydrogens (tertiary/aromatic N) is 1. The Labute approximate surface area is 101 Å². The van der Waals surface area contributed by atoms with Gasteiger partial charge in [0.05, 0.1) is 5.69 Å². The maximum atomic E-state index is 5.80. The molecule has 0 radical (unpaired) electrons. The van der Waals surface area contributed by atoms with Crippen LogP contribution in [0.3, 0.4) is 0 Å². The van der Waals surface area contributed by atoms with Crippen LogP contribution >= 0.6 is 0 Å². The van der Waals surface area contributed by atoms with Crippen molar-refractivity contribution in [3.63, 3.8) is 0 Å². The number of rotatable bonds is 3. The van der Waals surface area contributed by atoms with Crippen molar-refractivity contribution in [2.75, 3.05) is 11.1 Å². The predicted octanol–water partition coefficient (Wildman–Crippen LogP) is 3.36. The molecule has 0 spiro atoms. The second kappa shape index (κ2) is 4.70. The first-order valence-corrected chi connectivity index (χ1v) is 5.41. The molecule has 0 amide bonds. The number of nitrogens with two attached hydrogens (primary N) is 1. The van der Waals surface area contributed by atoms with E-state index < -0.39 is 0 Å². The molecule has 3 heteroatoms. The molecule has 1 aromatic heterocycles. The summed E-state index contributed by atoms with van der Waals surface area (Å²) in [5.41, 5.74) is 9.43. The van der Waals surface area contributed by atoms with Crippen molar-refractivity contribution in [2.45, 2.75) is 6.92 Å². The smallest absolute Gasteiger partial charge is 0.133 e. The molecule has 0 saturated heterocycles. The van der Waals surface area contributed by atoms with Gasteiger partial charge in [-0.15, -0.1) is 0 Å². The van der Waals surface area contributed by atoms with Crippen LogP contribution < -0.4 is 11.1 Å². The standard InChI is InChI=1S/C14H15N3/c1-3-12-8-11(15)9-14(16-12)17-13-7-5-4-6-10(13)2/h3-9H,1H2,2H3,(H3,15,16,17).